The Balaban J connectivity index is 1.60. The van der Waals surface area contributed by atoms with E-state index >= 15 is 0 Å². The molecule has 3 rings (SSSR count). The third kappa shape index (κ3) is 4.09. The lowest BCUT2D eigenvalue weighted by molar-refractivity contribution is -0.127. The summed E-state index contributed by atoms with van der Waals surface area (Å²) in [5.74, 6) is 0.760. The molecule has 1 unspecified atom stereocenters. The van der Waals surface area contributed by atoms with E-state index in [4.69, 9.17) is 22.7 Å². The van der Waals surface area contributed by atoms with Crippen LogP contribution in [-0.4, -0.2) is 69.1 Å². The van der Waals surface area contributed by atoms with Crippen molar-refractivity contribution in [3.8, 4) is 0 Å². The number of hydrogen-bond donors (Lipinski definition) is 2. The summed E-state index contributed by atoms with van der Waals surface area (Å²) in [5, 5.41) is 14.0. The fourth-order valence-corrected chi connectivity index (χ4v) is 2.47. The zero-order valence-electron chi connectivity index (χ0n) is 13.6. The van der Waals surface area contributed by atoms with Crippen LogP contribution in [-0.2, 0) is 9.53 Å². The van der Waals surface area contributed by atoms with Crippen LogP contribution in [0.15, 0.2) is 0 Å². The van der Waals surface area contributed by atoms with Gasteiger partial charge in [-0.1, -0.05) is 5.10 Å². The van der Waals surface area contributed by atoms with Gasteiger partial charge in [0.15, 0.2) is 11.2 Å². The second-order valence-electron chi connectivity index (χ2n) is 6.05. The number of amides is 1. The highest BCUT2D eigenvalue weighted by Gasteiger charge is 2.28. The van der Waals surface area contributed by atoms with Gasteiger partial charge in [0.05, 0.1) is 13.2 Å². The van der Waals surface area contributed by atoms with Gasteiger partial charge in [-0.15, -0.1) is 9.90 Å². The lowest BCUT2D eigenvalue weighted by Crippen LogP contribution is -2.51. The first-order valence-corrected chi connectivity index (χ1v) is 8.45. The molecule has 0 bridgehead atoms. The average molecular weight is 354 g/mol. The van der Waals surface area contributed by atoms with Crippen molar-refractivity contribution < 1.29 is 9.53 Å². The monoisotopic (exact) mass is 354 g/mol. The molecule has 132 valence electrons. The molecule has 1 aliphatic carbocycles. The minimum atomic E-state index is -0.622. The first kappa shape index (κ1) is 16.8. The Morgan fingerprint density at radius 1 is 1.50 bits per heavy atom. The van der Waals surface area contributed by atoms with Gasteiger partial charge in [-0.3, -0.25) is 15.2 Å². The van der Waals surface area contributed by atoms with Crippen LogP contribution in [0.2, 0.25) is 0 Å². The molecular weight excluding hydrogens is 332 g/mol. The number of anilines is 1. The molecule has 0 radical (unpaired) electrons. The molecule has 1 aliphatic heterocycles. The Kier molecular flexibility index (Phi) is 5.09. The first-order chi connectivity index (χ1) is 11.5. The maximum absolute atomic E-state index is 12.4. The predicted molar refractivity (Wildman–Crippen MR) is 89.9 cm³/mol. The van der Waals surface area contributed by atoms with Gasteiger partial charge in [0.25, 0.3) is 11.9 Å². The topological polar surface area (TPSA) is 114 Å². The standard InChI is InChI=1S/C13H22N8O2S/c1-9(11(22)16-20(12(14)24)8-10-2-3-10)21-17-13(15-18-21)19-4-6-23-7-5-19/h9-10H,2-8H2,1H3,(H2,14,24)(H,16,22). The van der Waals surface area contributed by atoms with E-state index in [9.17, 15) is 4.79 Å². The molecule has 2 fully saturated rings. The molecule has 10 nitrogen and oxygen atoms in total. The molecule has 2 heterocycles. The second kappa shape index (κ2) is 7.26. The van der Waals surface area contributed by atoms with E-state index in [0.717, 1.165) is 12.8 Å². The third-order valence-corrected chi connectivity index (χ3v) is 4.31. The number of rotatable bonds is 5. The van der Waals surface area contributed by atoms with Crippen LogP contribution in [0.5, 0.6) is 0 Å². The molecule has 24 heavy (non-hydrogen) atoms. The number of carbonyl (C=O) groups is 1. The van der Waals surface area contributed by atoms with Crippen molar-refractivity contribution in [2.24, 2.45) is 11.7 Å². The number of morpholine rings is 1. The number of ether oxygens (including phenoxy) is 1. The number of nitrogens with two attached hydrogens (primary N) is 1. The van der Waals surface area contributed by atoms with Crippen LogP contribution in [0.4, 0.5) is 5.95 Å². The summed E-state index contributed by atoms with van der Waals surface area (Å²) < 4.78 is 5.30. The van der Waals surface area contributed by atoms with Gasteiger partial charge >= 0.3 is 0 Å². The van der Waals surface area contributed by atoms with Gasteiger partial charge in [-0.25, -0.2) is 0 Å². The molecule has 1 atom stereocenters. The van der Waals surface area contributed by atoms with Crippen molar-refractivity contribution in [2.45, 2.75) is 25.8 Å². The highest BCUT2D eigenvalue weighted by molar-refractivity contribution is 7.80. The van der Waals surface area contributed by atoms with Crippen LogP contribution >= 0.6 is 12.2 Å². The SMILES string of the molecule is CC(C(=O)NN(CC1CC1)C(N)=S)n1nnc(N2CCOCC2)n1. The maximum Gasteiger partial charge on any atom is 0.266 e. The van der Waals surface area contributed by atoms with Crippen molar-refractivity contribution in [3.63, 3.8) is 0 Å². The summed E-state index contributed by atoms with van der Waals surface area (Å²) in [6, 6.07) is -0.622. The first-order valence-electron chi connectivity index (χ1n) is 8.04. The van der Waals surface area contributed by atoms with E-state index in [1.54, 1.807) is 6.92 Å². The van der Waals surface area contributed by atoms with Crippen LogP contribution < -0.4 is 16.1 Å². The number of nitrogens with zero attached hydrogens (tertiary/aromatic N) is 6. The summed E-state index contributed by atoms with van der Waals surface area (Å²) in [7, 11) is 0. The van der Waals surface area contributed by atoms with Crippen LogP contribution in [0.3, 0.4) is 0 Å². The van der Waals surface area contributed by atoms with Crippen LogP contribution in [0.25, 0.3) is 0 Å². The van der Waals surface area contributed by atoms with Crippen molar-refractivity contribution in [1.29, 1.82) is 0 Å². The molecule has 2 aliphatic rings. The van der Waals surface area contributed by atoms with E-state index in [0.29, 0.717) is 44.7 Å². The second-order valence-corrected chi connectivity index (χ2v) is 6.47. The summed E-state index contributed by atoms with van der Waals surface area (Å²) in [6.45, 7) is 5.03. The third-order valence-electron chi connectivity index (χ3n) is 4.09. The number of thiocarbonyl (C=S) groups is 1. The van der Waals surface area contributed by atoms with Gasteiger partial charge < -0.3 is 15.4 Å². The quantitative estimate of drug-likeness (QED) is 0.510. The molecule has 11 heteroatoms. The molecule has 1 amide bonds. The van der Waals surface area contributed by atoms with E-state index in [1.807, 2.05) is 4.90 Å². The summed E-state index contributed by atoms with van der Waals surface area (Å²) in [4.78, 5) is 15.7. The number of hydrazine groups is 1. The summed E-state index contributed by atoms with van der Waals surface area (Å²) in [5.41, 5.74) is 8.42. The smallest absolute Gasteiger partial charge is 0.266 e. The van der Waals surface area contributed by atoms with Crippen molar-refractivity contribution in [2.75, 3.05) is 37.7 Å². The Labute approximate surface area is 145 Å². The minimum Gasteiger partial charge on any atom is -0.378 e. The van der Waals surface area contributed by atoms with E-state index in [-0.39, 0.29) is 11.0 Å². The van der Waals surface area contributed by atoms with Gasteiger partial charge in [0.1, 0.15) is 0 Å². The molecule has 3 N–H and O–H groups in total. The van der Waals surface area contributed by atoms with Crippen LogP contribution in [0, 0.1) is 5.92 Å². The van der Waals surface area contributed by atoms with Gasteiger partial charge in [-0.05, 0) is 43.1 Å². The number of aromatic nitrogens is 4. The summed E-state index contributed by atoms with van der Waals surface area (Å²) >= 11 is 4.99. The number of carbonyl (C=O) groups excluding carboxylic acids is 1. The lowest BCUT2D eigenvalue weighted by atomic mass is 10.3. The Morgan fingerprint density at radius 2 is 2.21 bits per heavy atom. The molecule has 1 aromatic heterocycles. The van der Waals surface area contributed by atoms with Crippen molar-refractivity contribution in [3.05, 3.63) is 0 Å². The highest BCUT2D eigenvalue weighted by atomic mass is 32.1. The fourth-order valence-electron chi connectivity index (χ4n) is 2.35. The van der Waals surface area contributed by atoms with Gasteiger partial charge in [0, 0.05) is 19.6 Å². The number of tetrazole rings is 1. The molecule has 1 saturated carbocycles. The largest absolute Gasteiger partial charge is 0.378 e. The number of hydrogen-bond acceptors (Lipinski definition) is 7. The number of nitrogens with one attached hydrogen (secondary N) is 1. The zero-order chi connectivity index (χ0) is 17.1. The molecule has 0 aromatic carbocycles. The van der Waals surface area contributed by atoms with Crippen molar-refractivity contribution >= 4 is 29.2 Å². The minimum absolute atomic E-state index is 0.156. The molecule has 1 aromatic rings. The van der Waals surface area contributed by atoms with Crippen LogP contribution in [0.1, 0.15) is 25.8 Å². The Morgan fingerprint density at radius 3 is 2.83 bits per heavy atom. The Bertz CT molecular complexity index is 599. The normalized spacial score (nSPS) is 19.0. The Hall–Kier alpha value is -2.01. The zero-order valence-corrected chi connectivity index (χ0v) is 14.4. The highest BCUT2D eigenvalue weighted by Crippen LogP contribution is 2.29. The van der Waals surface area contributed by atoms with Crippen molar-refractivity contribution in [1.82, 2.24) is 30.6 Å². The molecule has 1 saturated heterocycles. The van der Waals surface area contributed by atoms with Gasteiger partial charge in [-0.2, -0.15) is 0 Å². The average Bonchev–Trinajstić information content (AvgIpc) is 3.26. The molecular formula is C13H22N8O2S. The lowest BCUT2D eigenvalue weighted by Gasteiger charge is -2.25. The van der Waals surface area contributed by atoms with E-state index in [1.165, 1.54) is 9.81 Å². The fraction of sp³-hybridized carbons (Fsp3) is 0.769. The van der Waals surface area contributed by atoms with Gasteiger partial charge in [0.2, 0.25) is 0 Å². The maximum atomic E-state index is 12.4. The predicted octanol–water partition coefficient (Wildman–Crippen LogP) is -0.942. The van der Waals surface area contributed by atoms with E-state index < -0.39 is 6.04 Å². The van der Waals surface area contributed by atoms with E-state index in [2.05, 4.69) is 20.8 Å². The summed E-state index contributed by atoms with van der Waals surface area (Å²) in [6.07, 6.45) is 2.27. The molecule has 0 spiro atoms.